The van der Waals surface area contributed by atoms with Crippen LogP contribution in [0.5, 0.6) is 0 Å². The lowest BCUT2D eigenvalue weighted by Crippen LogP contribution is -2.39. The zero-order chi connectivity index (χ0) is 24.1. The van der Waals surface area contributed by atoms with E-state index in [4.69, 9.17) is 17.3 Å². The summed E-state index contributed by atoms with van der Waals surface area (Å²) in [5, 5.41) is 10.1. The first-order valence-electron chi connectivity index (χ1n) is 10.4. The van der Waals surface area contributed by atoms with Crippen LogP contribution in [-0.2, 0) is 11.0 Å². The number of anilines is 1. The van der Waals surface area contributed by atoms with Gasteiger partial charge in [-0.2, -0.15) is 18.4 Å². The van der Waals surface area contributed by atoms with E-state index < -0.39 is 17.7 Å². The second-order valence-corrected chi connectivity index (χ2v) is 8.75. The molecule has 4 rings (SSSR count). The molecule has 0 amide bonds. The number of rotatable bonds is 2. The first-order chi connectivity index (χ1) is 15.5. The minimum Gasteiger partial charge on any atom is -0.384 e. The number of Topliss-reactive ketones (excluding diaryl/α,β-unsaturated/α-hetero) is 1. The highest BCUT2D eigenvalue weighted by molar-refractivity contribution is 6.33. The predicted octanol–water partition coefficient (Wildman–Crippen LogP) is 6.28. The molecule has 170 valence electrons. The Labute approximate surface area is 194 Å². The Hall–Kier alpha value is -3.24. The zero-order valence-electron chi connectivity index (χ0n) is 18.1. The number of carbonyl (C=O) groups is 1. The monoisotopic (exact) mass is 471 g/mol. The van der Waals surface area contributed by atoms with Gasteiger partial charge in [0.2, 0.25) is 0 Å². The molecule has 1 unspecified atom stereocenters. The van der Waals surface area contributed by atoms with Crippen molar-refractivity contribution in [2.45, 2.75) is 45.2 Å². The number of nitrogens with zero attached hydrogens (tertiary/aromatic N) is 2. The molecule has 0 saturated carbocycles. The molecule has 33 heavy (non-hydrogen) atoms. The van der Waals surface area contributed by atoms with Gasteiger partial charge >= 0.3 is 6.18 Å². The molecule has 2 aromatic rings. The summed E-state index contributed by atoms with van der Waals surface area (Å²) in [6, 6.07) is 10.9. The van der Waals surface area contributed by atoms with E-state index in [-0.39, 0.29) is 27.9 Å². The maximum atomic E-state index is 13.4. The van der Waals surface area contributed by atoms with Gasteiger partial charge in [-0.3, -0.25) is 9.69 Å². The largest absolute Gasteiger partial charge is 0.416 e. The van der Waals surface area contributed by atoms with Gasteiger partial charge in [-0.15, -0.1) is 0 Å². The van der Waals surface area contributed by atoms with E-state index in [0.717, 1.165) is 34.9 Å². The van der Waals surface area contributed by atoms with Gasteiger partial charge in [0.05, 0.1) is 33.8 Å². The van der Waals surface area contributed by atoms with Crippen LogP contribution in [-0.4, -0.2) is 5.78 Å². The number of allylic oxidation sites excluding steroid dienone is 3. The van der Waals surface area contributed by atoms with Crippen LogP contribution in [0.4, 0.5) is 18.9 Å². The molecule has 1 aliphatic heterocycles. The number of carbonyl (C=O) groups excluding carboxylic acids is 1. The Morgan fingerprint density at radius 1 is 1.15 bits per heavy atom. The van der Waals surface area contributed by atoms with Crippen LogP contribution in [0, 0.1) is 25.2 Å². The third-order valence-electron chi connectivity index (χ3n) is 6.17. The minimum atomic E-state index is -4.59. The van der Waals surface area contributed by atoms with Crippen LogP contribution in [0.25, 0.3) is 0 Å². The van der Waals surface area contributed by atoms with Gasteiger partial charge < -0.3 is 5.73 Å². The number of hydrogen-bond donors (Lipinski definition) is 1. The fourth-order valence-electron chi connectivity index (χ4n) is 4.60. The molecule has 0 radical (unpaired) electrons. The Morgan fingerprint density at radius 2 is 1.88 bits per heavy atom. The van der Waals surface area contributed by atoms with Gasteiger partial charge in [-0.05, 0) is 56.0 Å². The van der Waals surface area contributed by atoms with Crippen LogP contribution in [0.3, 0.4) is 0 Å². The van der Waals surface area contributed by atoms with Crippen molar-refractivity contribution >= 4 is 23.1 Å². The summed E-state index contributed by atoms with van der Waals surface area (Å²) >= 11 is 6.33. The van der Waals surface area contributed by atoms with E-state index in [1.165, 1.54) is 4.90 Å². The molecule has 0 spiro atoms. The number of halogens is 4. The molecule has 1 atom stereocenters. The van der Waals surface area contributed by atoms with E-state index in [2.05, 4.69) is 6.07 Å². The highest BCUT2D eigenvalue weighted by Gasteiger charge is 2.42. The summed E-state index contributed by atoms with van der Waals surface area (Å²) in [5.74, 6) is -0.841. The van der Waals surface area contributed by atoms with Crippen molar-refractivity contribution in [3.63, 3.8) is 0 Å². The maximum absolute atomic E-state index is 13.4. The van der Waals surface area contributed by atoms with E-state index in [1.54, 1.807) is 0 Å². The minimum absolute atomic E-state index is 0.00152. The van der Waals surface area contributed by atoms with Crippen LogP contribution in [0.2, 0.25) is 5.02 Å². The van der Waals surface area contributed by atoms with Gasteiger partial charge in [0, 0.05) is 17.7 Å². The second-order valence-electron chi connectivity index (χ2n) is 8.34. The number of nitrogens with two attached hydrogens (primary N) is 1. The first kappa shape index (κ1) is 22.9. The van der Waals surface area contributed by atoms with E-state index >= 15 is 0 Å². The van der Waals surface area contributed by atoms with Gasteiger partial charge in [0.1, 0.15) is 5.82 Å². The summed E-state index contributed by atoms with van der Waals surface area (Å²) in [7, 11) is 0. The molecular weight excluding hydrogens is 451 g/mol. The van der Waals surface area contributed by atoms with Gasteiger partial charge in [0.15, 0.2) is 5.78 Å². The molecule has 0 bridgehead atoms. The number of benzene rings is 2. The summed E-state index contributed by atoms with van der Waals surface area (Å²) < 4.78 is 40.3. The molecule has 4 nitrogen and oxygen atoms in total. The maximum Gasteiger partial charge on any atom is 0.416 e. The first-order valence-corrected chi connectivity index (χ1v) is 10.8. The predicted molar refractivity (Wildman–Crippen MR) is 120 cm³/mol. The van der Waals surface area contributed by atoms with E-state index in [9.17, 15) is 23.2 Å². The fourth-order valence-corrected chi connectivity index (χ4v) is 4.81. The Bertz CT molecular complexity index is 1270. The molecule has 0 fully saturated rings. The lowest BCUT2D eigenvalue weighted by atomic mass is 9.74. The van der Waals surface area contributed by atoms with E-state index in [1.807, 2.05) is 32.0 Å². The van der Waals surface area contributed by atoms with Crippen molar-refractivity contribution in [3.05, 3.63) is 86.3 Å². The lowest BCUT2D eigenvalue weighted by molar-refractivity contribution is -0.137. The average Bonchev–Trinajstić information content (AvgIpc) is 2.75. The molecule has 0 aromatic heterocycles. The SMILES string of the molecule is Cc1ccc(C)c(C2C(C#N)=C(N)N(c3cc(C(F)(F)F)ccc3Cl)C3=C2C(=O)CCC3)c1. The number of hydrogen-bond acceptors (Lipinski definition) is 4. The molecule has 8 heteroatoms. The number of nitriles is 1. The Morgan fingerprint density at radius 3 is 2.55 bits per heavy atom. The summed E-state index contributed by atoms with van der Waals surface area (Å²) in [6.07, 6.45) is -3.34. The highest BCUT2D eigenvalue weighted by atomic mass is 35.5. The molecule has 1 aliphatic carbocycles. The fraction of sp³-hybridized carbons (Fsp3) is 0.280. The van der Waals surface area contributed by atoms with Gasteiger partial charge in [-0.25, -0.2) is 0 Å². The Kier molecular flexibility index (Phi) is 5.75. The molecule has 2 N–H and O–H groups in total. The van der Waals surface area contributed by atoms with Gasteiger partial charge in [0.25, 0.3) is 0 Å². The third-order valence-corrected chi connectivity index (χ3v) is 6.49. The lowest BCUT2D eigenvalue weighted by Gasteiger charge is -2.40. The number of aryl methyl sites for hydroxylation is 2. The van der Waals surface area contributed by atoms with Crippen LogP contribution < -0.4 is 10.6 Å². The number of ketones is 1. The number of alkyl halides is 3. The topological polar surface area (TPSA) is 70.1 Å². The Balaban J connectivity index is 2.02. The highest BCUT2D eigenvalue weighted by Crippen LogP contribution is 2.48. The summed E-state index contributed by atoms with van der Waals surface area (Å²) in [4.78, 5) is 14.6. The summed E-state index contributed by atoms with van der Waals surface area (Å²) in [6.45, 7) is 3.81. The van der Waals surface area contributed by atoms with Crippen LogP contribution >= 0.6 is 11.6 Å². The van der Waals surface area contributed by atoms with Crippen molar-refractivity contribution in [2.75, 3.05) is 4.90 Å². The molecule has 0 saturated heterocycles. The van der Waals surface area contributed by atoms with Crippen LogP contribution in [0.15, 0.2) is 59.1 Å². The standard InChI is InChI=1S/C25H21ClF3N3O/c1-13-6-7-14(2)16(10-13)22-17(12-30)24(31)32(19-4-3-5-21(33)23(19)22)20-11-15(25(27,28)29)8-9-18(20)26/h6-11,22H,3-5,31H2,1-2H3. The summed E-state index contributed by atoms with van der Waals surface area (Å²) in [5.41, 5.74) is 9.21. The van der Waals surface area contributed by atoms with Crippen molar-refractivity contribution < 1.29 is 18.0 Å². The van der Waals surface area contributed by atoms with E-state index in [0.29, 0.717) is 30.5 Å². The van der Waals surface area contributed by atoms with Gasteiger partial charge in [-0.1, -0.05) is 35.4 Å². The normalized spacial score (nSPS) is 19.0. The molecular formula is C25H21ClF3N3O. The molecule has 2 aromatic carbocycles. The molecule has 2 aliphatic rings. The quantitative estimate of drug-likeness (QED) is 0.559. The van der Waals surface area contributed by atoms with Crippen molar-refractivity contribution in [1.29, 1.82) is 5.26 Å². The second kappa shape index (κ2) is 8.27. The van der Waals surface area contributed by atoms with Crippen LogP contribution in [0.1, 0.15) is 47.4 Å². The average molecular weight is 472 g/mol. The zero-order valence-corrected chi connectivity index (χ0v) is 18.8. The van der Waals surface area contributed by atoms with Crippen molar-refractivity contribution in [3.8, 4) is 6.07 Å². The smallest absolute Gasteiger partial charge is 0.384 e. The molecule has 1 heterocycles. The van der Waals surface area contributed by atoms with Crippen molar-refractivity contribution in [1.82, 2.24) is 0 Å². The van der Waals surface area contributed by atoms with Crippen molar-refractivity contribution in [2.24, 2.45) is 5.73 Å². The third kappa shape index (κ3) is 3.89.